The number of thiazole rings is 1. The van der Waals surface area contributed by atoms with Crippen molar-refractivity contribution >= 4 is 43.4 Å². The lowest BCUT2D eigenvalue weighted by Crippen LogP contribution is -2.47. The Morgan fingerprint density at radius 1 is 1.16 bits per heavy atom. The van der Waals surface area contributed by atoms with Gasteiger partial charge in [0.25, 0.3) is 5.19 Å². The molecule has 2 aliphatic rings. The highest BCUT2D eigenvalue weighted by Crippen LogP contribution is 2.32. The Morgan fingerprint density at radius 2 is 1.87 bits per heavy atom. The second-order valence-corrected chi connectivity index (χ2v) is 10.7. The smallest absolute Gasteiger partial charge is 0.274 e. The number of ether oxygens (including phenoxy) is 2. The summed E-state index contributed by atoms with van der Waals surface area (Å²) >= 11 is 1.45. The molecule has 0 atom stereocenters. The van der Waals surface area contributed by atoms with E-state index in [4.69, 9.17) is 9.47 Å². The van der Waals surface area contributed by atoms with Crippen molar-refractivity contribution in [2.24, 2.45) is 0 Å². The van der Waals surface area contributed by atoms with Gasteiger partial charge in [0.1, 0.15) is 11.9 Å². The molecule has 0 saturated carbocycles. The zero-order chi connectivity index (χ0) is 22.0. The quantitative estimate of drug-likeness (QED) is 0.574. The minimum Gasteiger partial charge on any atom is -0.497 e. The van der Waals surface area contributed by atoms with Crippen LogP contribution in [0.25, 0.3) is 10.2 Å². The highest BCUT2D eigenvalue weighted by atomic mass is 32.2. The molecule has 168 valence electrons. The van der Waals surface area contributed by atoms with Gasteiger partial charge in [0.2, 0.25) is 21.8 Å². The van der Waals surface area contributed by atoms with Crippen LogP contribution in [0, 0.1) is 0 Å². The maximum atomic E-state index is 12.7. The zero-order valence-corrected chi connectivity index (χ0v) is 18.9. The minimum absolute atomic E-state index is 0.0778. The van der Waals surface area contributed by atoms with E-state index in [0.29, 0.717) is 50.4 Å². The maximum Gasteiger partial charge on any atom is 0.274 e. The molecule has 1 aromatic heterocycles. The van der Waals surface area contributed by atoms with E-state index in [2.05, 4.69) is 4.98 Å². The van der Waals surface area contributed by atoms with Crippen molar-refractivity contribution in [3.8, 4) is 10.9 Å². The summed E-state index contributed by atoms with van der Waals surface area (Å²) in [5, 5.41) is 0.562. The van der Waals surface area contributed by atoms with Crippen molar-refractivity contribution in [3.63, 3.8) is 0 Å². The van der Waals surface area contributed by atoms with Gasteiger partial charge >= 0.3 is 0 Å². The van der Waals surface area contributed by atoms with E-state index in [1.165, 1.54) is 15.6 Å². The number of fused-ring (bicyclic) bond motifs is 1. The number of methoxy groups -OCH3 is 1. The average Bonchev–Trinajstić information content (AvgIpc) is 3.15. The molecule has 3 heterocycles. The number of amides is 2. The Morgan fingerprint density at radius 3 is 2.55 bits per heavy atom. The van der Waals surface area contributed by atoms with Gasteiger partial charge in [-0.2, -0.15) is 0 Å². The molecule has 0 aliphatic carbocycles. The van der Waals surface area contributed by atoms with E-state index in [1.54, 1.807) is 7.11 Å². The third kappa shape index (κ3) is 4.99. The van der Waals surface area contributed by atoms with Crippen molar-refractivity contribution in [1.82, 2.24) is 14.2 Å². The number of carbonyl (C=O) groups excluding carboxylic acids is 2. The van der Waals surface area contributed by atoms with Gasteiger partial charge in [0, 0.05) is 38.5 Å². The van der Waals surface area contributed by atoms with Crippen LogP contribution in [0.4, 0.5) is 0 Å². The Labute approximate surface area is 185 Å². The number of benzene rings is 1. The number of carbonyl (C=O) groups is 2. The summed E-state index contributed by atoms with van der Waals surface area (Å²) in [6.45, 7) is 0.604. The third-order valence-electron chi connectivity index (χ3n) is 5.59. The first-order valence-electron chi connectivity index (χ1n) is 10.3. The monoisotopic (exact) mass is 467 g/mol. The molecule has 9 nitrogen and oxygen atoms in total. The lowest BCUT2D eigenvalue weighted by Gasteiger charge is -2.31. The summed E-state index contributed by atoms with van der Waals surface area (Å²) in [7, 11) is -1.94. The van der Waals surface area contributed by atoms with Gasteiger partial charge in [-0.1, -0.05) is 11.3 Å². The van der Waals surface area contributed by atoms with Gasteiger partial charge in [-0.25, -0.2) is 17.7 Å². The van der Waals surface area contributed by atoms with E-state index in [-0.39, 0.29) is 30.2 Å². The molecule has 31 heavy (non-hydrogen) atoms. The number of aromatic nitrogens is 1. The molecular formula is C20H25N3O6S2. The van der Waals surface area contributed by atoms with Crippen molar-refractivity contribution in [1.29, 1.82) is 0 Å². The van der Waals surface area contributed by atoms with Crippen LogP contribution in [0.2, 0.25) is 0 Å². The van der Waals surface area contributed by atoms with E-state index in [9.17, 15) is 18.0 Å². The van der Waals surface area contributed by atoms with Crippen LogP contribution in [-0.2, 0) is 19.6 Å². The summed E-state index contributed by atoms with van der Waals surface area (Å²) < 4.78 is 39.0. The van der Waals surface area contributed by atoms with Crippen LogP contribution in [0.3, 0.4) is 0 Å². The number of likely N-dealkylation sites (tertiary alicyclic amines) is 1. The fraction of sp³-hybridized carbons (Fsp3) is 0.550. The first-order chi connectivity index (χ1) is 14.9. The van der Waals surface area contributed by atoms with Crippen molar-refractivity contribution < 1.29 is 27.5 Å². The fourth-order valence-electron chi connectivity index (χ4n) is 3.82. The van der Waals surface area contributed by atoms with Gasteiger partial charge in [-0.05, 0) is 31.4 Å². The molecule has 2 aromatic rings. The molecule has 1 aromatic carbocycles. The summed E-state index contributed by atoms with van der Waals surface area (Å²) in [4.78, 5) is 29.3. The van der Waals surface area contributed by atoms with Gasteiger partial charge in [-0.15, -0.1) is 0 Å². The standard InChI is InChI=1S/C20H25N3O6S2/c1-28-15-5-6-17-16(13-15)21-20(30-17)29-14-7-9-22(10-8-14)31(26,27)12-11-23-18(24)3-2-4-19(23)25/h5-6,13-14H,2-4,7-12H2,1H3. The Bertz CT molecular complexity index is 1060. The van der Waals surface area contributed by atoms with Crippen molar-refractivity contribution in [2.75, 3.05) is 32.5 Å². The van der Waals surface area contributed by atoms with Crippen LogP contribution in [-0.4, -0.2) is 73.0 Å². The molecule has 2 aliphatic heterocycles. The van der Waals surface area contributed by atoms with Crippen LogP contribution in [0.5, 0.6) is 10.9 Å². The van der Waals surface area contributed by atoms with Gasteiger partial charge in [0.05, 0.1) is 23.1 Å². The average molecular weight is 468 g/mol. The molecule has 0 bridgehead atoms. The van der Waals surface area contributed by atoms with E-state index in [0.717, 1.165) is 20.9 Å². The van der Waals surface area contributed by atoms with Crippen LogP contribution in [0.15, 0.2) is 18.2 Å². The second kappa shape index (κ2) is 9.09. The normalized spacial score (nSPS) is 19.2. The molecule has 2 amide bonds. The molecule has 11 heteroatoms. The highest BCUT2D eigenvalue weighted by Gasteiger charge is 2.32. The van der Waals surface area contributed by atoms with Crippen molar-refractivity contribution in [2.45, 2.75) is 38.2 Å². The number of rotatable bonds is 7. The van der Waals surface area contributed by atoms with Gasteiger partial charge in [-0.3, -0.25) is 14.5 Å². The second-order valence-electron chi connectivity index (χ2n) is 7.64. The summed E-state index contributed by atoms with van der Waals surface area (Å²) in [6, 6.07) is 5.66. The predicted octanol–water partition coefficient (Wildman–Crippen LogP) is 2.02. The van der Waals surface area contributed by atoms with Gasteiger partial charge in [0.15, 0.2) is 0 Å². The van der Waals surface area contributed by atoms with Crippen LogP contribution < -0.4 is 9.47 Å². The lowest BCUT2D eigenvalue weighted by atomic mass is 10.1. The fourth-order valence-corrected chi connectivity index (χ4v) is 6.12. The summed E-state index contributed by atoms with van der Waals surface area (Å²) in [5.74, 6) is -0.0785. The summed E-state index contributed by atoms with van der Waals surface area (Å²) in [6.07, 6.45) is 2.14. The third-order valence-corrected chi connectivity index (χ3v) is 8.37. The predicted molar refractivity (Wildman–Crippen MR) is 116 cm³/mol. The van der Waals surface area contributed by atoms with E-state index < -0.39 is 10.0 Å². The number of imide groups is 1. The number of hydrogen-bond donors (Lipinski definition) is 0. The number of sulfonamides is 1. The Kier molecular flexibility index (Phi) is 6.44. The number of hydrogen-bond acceptors (Lipinski definition) is 8. The number of nitrogens with zero attached hydrogens (tertiary/aromatic N) is 3. The Hall–Kier alpha value is -2.24. The molecule has 2 saturated heterocycles. The first-order valence-corrected chi connectivity index (χ1v) is 12.7. The molecule has 0 unspecified atom stereocenters. The SMILES string of the molecule is COc1ccc2sc(OC3CCN(S(=O)(=O)CCN4C(=O)CCCC4=O)CC3)nc2c1. The van der Waals surface area contributed by atoms with E-state index in [1.807, 2.05) is 18.2 Å². The Balaban J connectivity index is 1.30. The van der Waals surface area contributed by atoms with Crippen molar-refractivity contribution in [3.05, 3.63) is 18.2 Å². The highest BCUT2D eigenvalue weighted by molar-refractivity contribution is 7.89. The molecule has 2 fully saturated rings. The molecule has 0 spiro atoms. The molecule has 0 radical (unpaired) electrons. The first kappa shape index (κ1) is 22.0. The number of piperidine rings is 2. The molecule has 0 N–H and O–H groups in total. The lowest BCUT2D eigenvalue weighted by molar-refractivity contribution is -0.147. The van der Waals surface area contributed by atoms with Gasteiger partial charge < -0.3 is 9.47 Å². The van der Waals surface area contributed by atoms with Crippen LogP contribution in [0.1, 0.15) is 32.1 Å². The van der Waals surface area contributed by atoms with E-state index >= 15 is 0 Å². The molecule has 4 rings (SSSR count). The molecular weight excluding hydrogens is 442 g/mol. The topological polar surface area (TPSA) is 106 Å². The minimum atomic E-state index is -3.55. The maximum absolute atomic E-state index is 12.7. The summed E-state index contributed by atoms with van der Waals surface area (Å²) in [5.41, 5.74) is 0.807. The van der Waals surface area contributed by atoms with Crippen LogP contribution >= 0.6 is 11.3 Å². The largest absolute Gasteiger partial charge is 0.497 e. The zero-order valence-electron chi connectivity index (χ0n) is 17.3.